The van der Waals surface area contributed by atoms with Crippen molar-refractivity contribution in [3.05, 3.63) is 11.6 Å². The SMILES string of the molecule is CCCNC(=NCc1nnc2n1CCC2)NCC. The van der Waals surface area contributed by atoms with E-state index >= 15 is 0 Å². The Labute approximate surface area is 108 Å². The molecule has 1 aliphatic rings. The smallest absolute Gasteiger partial charge is 0.191 e. The molecule has 0 radical (unpaired) electrons. The van der Waals surface area contributed by atoms with Gasteiger partial charge in [-0.05, 0) is 19.8 Å². The van der Waals surface area contributed by atoms with Crippen molar-refractivity contribution in [2.75, 3.05) is 13.1 Å². The summed E-state index contributed by atoms with van der Waals surface area (Å²) in [5, 5.41) is 14.9. The second-order valence-corrected chi connectivity index (χ2v) is 4.41. The monoisotopic (exact) mass is 250 g/mol. The van der Waals surface area contributed by atoms with E-state index in [1.54, 1.807) is 0 Å². The first-order valence-electron chi connectivity index (χ1n) is 6.78. The van der Waals surface area contributed by atoms with Gasteiger partial charge in [0.05, 0.1) is 0 Å². The number of aliphatic imine (C=N–C) groups is 1. The lowest BCUT2D eigenvalue weighted by Gasteiger charge is -2.10. The van der Waals surface area contributed by atoms with Gasteiger partial charge >= 0.3 is 0 Å². The topological polar surface area (TPSA) is 67.1 Å². The van der Waals surface area contributed by atoms with Crippen LogP contribution in [-0.4, -0.2) is 33.8 Å². The number of hydrogen-bond donors (Lipinski definition) is 2. The van der Waals surface area contributed by atoms with E-state index in [1.807, 2.05) is 0 Å². The van der Waals surface area contributed by atoms with Crippen molar-refractivity contribution in [2.24, 2.45) is 4.99 Å². The molecule has 0 bridgehead atoms. The molecule has 0 unspecified atom stereocenters. The number of rotatable bonds is 5. The fraction of sp³-hybridized carbons (Fsp3) is 0.750. The molecule has 2 rings (SSSR count). The van der Waals surface area contributed by atoms with Crippen LogP contribution in [0.2, 0.25) is 0 Å². The third kappa shape index (κ3) is 3.00. The van der Waals surface area contributed by atoms with Crippen LogP contribution in [0.25, 0.3) is 0 Å². The fourth-order valence-corrected chi connectivity index (χ4v) is 2.06. The van der Waals surface area contributed by atoms with Crippen molar-refractivity contribution in [2.45, 2.75) is 46.2 Å². The summed E-state index contributed by atoms with van der Waals surface area (Å²) in [5.41, 5.74) is 0. The molecular weight excluding hydrogens is 228 g/mol. The molecule has 6 heteroatoms. The maximum Gasteiger partial charge on any atom is 0.191 e. The Morgan fingerprint density at radius 3 is 3.00 bits per heavy atom. The highest BCUT2D eigenvalue weighted by molar-refractivity contribution is 5.79. The van der Waals surface area contributed by atoms with E-state index in [-0.39, 0.29) is 0 Å². The second-order valence-electron chi connectivity index (χ2n) is 4.41. The average Bonchev–Trinajstić information content (AvgIpc) is 2.96. The molecule has 0 aromatic carbocycles. The third-order valence-corrected chi connectivity index (χ3v) is 2.95. The number of nitrogens with zero attached hydrogens (tertiary/aromatic N) is 4. The lowest BCUT2D eigenvalue weighted by Crippen LogP contribution is -2.37. The van der Waals surface area contributed by atoms with Crippen LogP contribution in [0.3, 0.4) is 0 Å². The summed E-state index contributed by atoms with van der Waals surface area (Å²) >= 11 is 0. The van der Waals surface area contributed by atoms with Crippen LogP contribution in [-0.2, 0) is 19.5 Å². The van der Waals surface area contributed by atoms with Crippen molar-refractivity contribution in [3.8, 4) is 0 Å². The van der Waals surface area contributed by atoms with Crippen LogP contribution in [0.5, 0.6) is 0 Å². The Morgan fingerprint density at radius 2 is 2.22 bits per heavy atom. The minimum atomic E-state index is 0.589. The molecule has 0 aliphatic carbocycles. The van der Waals surface area contributed by atoms with Crippen LogP contribution in [0.4, 0.5) is 0 Å². The molecule has 0 saturated heterocycles. The molecule has 1 aromatic heterocycles. The Hall–Kier alpha value is -1.59. The molecule has 0 amide bonds. The molecule has 1 aliphatic heterocycles. The normalized spacial score (nSPS) is 14.7. The van der Waals surface area contributed by atoms with Gasteiger partial charge in [0.15, 0.2) is 11.8 Å². The molecule has 2 N–H and O–H groups in total. The predicted octanol–water partition coefficient (Wildman–Crippen LogP) is 0.689. The zero-order valence-corrected chi connectivity index (χ0v) is 11.2. The molecule has 0 spiro atoms. The fourth-order valence-electron chi connectivity index (χ4n) is 2.06. The highest BCUT2D eigenvalue weighted by atomic mass is 15.3. The number of nitrogens with one attached hydrogen (secondary N) is 2. The second kappa shape index (κ2) is 6.37. The van der Waals surface area contributed by atoms with Crippen molar-refractivity contribution in [3.63, 3.8) is 0 Å². The van der Waals surface area contributed by atoms with Gasteiger partial charge in [-0.1, -0.05) is 6.92 Å². The minimum absolute atomic E-state index is 0.589. The van der Waals surface area contributed by atoms with E-state index in [2.05, 4.69) is 44.2 Å². The summed E-state index contributed by atoms with van der Waals surface area (Å²) in [7, 11) is 0. The van der Waals surface area contributed by atoms with Gasteiger partial charge in [0, 0.05) is 26.1 Å². The van der Waals surface area contributed by atoms with Gasteiger partial charge in [0.2, 0.25) is 0 Å². The van der Waals surface area contributed by atoms with Gasteiger partial charge in [-0.15, -0.1) is 10.2 Å². The largest absolute Gasteiger partial charge is 0.357 e. The quantitative estimate of drug-likeness (QED) is 0.596. The van der Waals surface area contributed by atoms with Crippen LogP contribution in [0.1, 0.15) is 38.3 Å². The van der Waals surface area contributed by atoms with Crippen molar-refractivity contribution < 1.29 is 0 Å². The van der Waals surface area contributed by atoms with Gasteiger partial charge in [0.25, 0.3) is 0 Å². The van der Waals surface area contributed by atoms with Crippen molar-refractivity contribution in [1.82, 2.24) is 25.4 Å². The zero-order chi connectivity index (χ0) is 12.8. The van der Waals surface area contributed by atoms with Gasteiger partial charge in [-0.3, -0.25) is 0 Å². The first kappa shape index (κ1) is 12.9. The first-order valence-corrected chi connectivity index (χ1v) is 6.78. The maximum absolute atomic E-state index is 4.54. The summed E-state index contributed by atoms with van der Waals surface area (Å²) in [4.78, 5) is 4.54. The lowest BCUT2D eigenvalue weighted by molar-refractivity contribution is 0.683. The van der Waals surface area contributed by atoms with Crippen LogP contribution < -0.4 is 10.6 Å². The van der Waals surface area contributed by atoms with Crippen LogP contribution in [0, 0.1) is 0 Å². The van der Waals surface area contributed by atoms with Crippen LogP contribution in [0.15, 0.2) is 4.99 Å². The van der Waals surface area contributed by atoms with Crippen LogP contribution >= 0.6 is 0 Å². The first-order chi connectivity index (χ1) is 8.85. The summed E-state index contributed by atoms with van der Waals surface area (Å²) < 4.78 is 2.19. The Balaban J connectivity index is 1.97. The minimum Gasteiger partial charge on any atom is -0.357 e. The molecule has 0 atom stereocenters. The number of aryl methyl sites for hydroxylation is 1. The Morgan fingerprint density at radius 1 is 1.33 bits per heavy atom. The Kier molecular flexibility index (Phi) is 4.55. The molecule has 2 heterocycles. The van der Waals surface area contributed by atoms with E-state index in [1.165, 1.54) is 6.42 Å². The van der Waals surface area contributed by atoms with Gasteiger partial charge in [-0.25, -0.2) is 4.99 Å². The number of hydrogen-bond acceptors (Lipinski definition) is 3. The maximum atomic E-state index is 4.54. The molecule has 0 saturated carbocycles. The zero-order valence-electron chi connectivity index (χ0n) is 11.2. The van der Waals surface area contributed by atoms with Crippen molar-refractivity contribution >= 4 is 5.96 Å². The number of guanidine groups is 1. The standard InChI is InChI=1S/C12H22N6/c1-3-7-14-12(13-4-2)15-9-11-17-16-10-6-5-8-18(10)11/h3-9H2,1-2H3,(H2,13,14,15). The summed E-state index contributed by atoms with van der Waals surface area (Å²) in [6, 6.07) is 0. The van der Waals surface area contributed by atoms with E-state index in [4.69, 9.17) is 0 Å². The molecule has 0 fully saturated rings. The Bertz CT molecular complexity index is 409. The third-order valence-electron chi connectivity index (χ3n) is 2.95. The van der Waals surface area contributed by atoms with E-state index in [0.29, 0.717) is 6.54 Å². The predicted molar refractivity (Wildman–Crippen MR) is 71.5 cm³/mol. The lowest BCUT2D eigenvalue weighted by atomic mass is 10.4. The highest BCUT2D eigenvalue weighted by Gasteiger charge is 2.16. The van der Waals surface area contributed by atoms with E-state index in [0.717, 1.165) is 50.1 Å². The summed E-state index contributed by atoms with van der Waals surface area (Å²) in [5.74, 6) is 2.93. The van der Waals surface area contributed by atoms with Gasteiger partial charge in [-0.2, -0.15) is 0 Å². The number of aromatic nitrogens is 3. The molecule has 18 heavy (non-hydrogen) atoms. The van der Waals surface area contributed by atoms with Gasteiger partial charge in [0.1, 0.15) is 12.4 Å². The average molecular weight is 250 g/mol. The molecule has 6 nitrogen and oxygen atoms in total. The molecule has 100 valence electrons. The number of fused-ring (bicyclic) bond motifs is 1. The van der Waals surface area contributed by atoms with Crippen molar-refractivity contribution in [1.29, 1.82) is 0 Å². The summed E-state index contributed by atoms with van der Waals surface area (Å²) in [6.07, 6.45) is 3.31. The highest BCUT2D eigenvalue weighted by Crippen LogP contribution is 2.14. The van der Waals surface area contributed by atoms with E-state index < -0.39 is 0 Å². The van der Waals surface area contributed by atoms with E-state index in [9.17, 15) is 0 Å². The molecule has 1 aromatic rings. The molecular formula is C12H22N6. The summed E-state index contributed by atoms with van der Waals surface area (Å²) in [6.45, 7) is 7.63. The van der Waals surface area contributed by atoms with Gasteiger partial charge < -0.3 is 15.2 Å².